The molecule has 0 aliphatic carbocycles. The molecule has 0 aromatic carbocycles. The number of nitrogens with zero attached hydrogens (tertiary/aromatic N) is 2. The van der Waals surface area contributed by atoms with Crippen LogP contribution in [0.3, 0.4) is 0 Å². The van der Waals surface area contributed by atoms with Gasteiger partial charge < -0.3 is 14.3 Å². The van der Waals surface area contributed by atoms with Crippen LogP contribution >= 0.6 is 0 Å². The molecule has 0 spiro atoms. The molecule has 2 heterocycles. The summed E-state index contributed by atoms with van der Waals surface area (Å²) in [5, 5.41) is 3.49. The van der Waals surface area contributed by atoms with E-state index in [1.807, 2.05) is 25.6 Å². The number of likely N-dealkylation sites (N-methyl/N-ethyl adjacent to an activating group) is 1. The fourth-order valence-electron chi connectivity index (χ4n) is 2.20. The fraction of sp³-hybridized carbons (Fsp3) is 0.500. The Labute approximate surface area is 108 Å². The Bertz CT molecular complexity index is 487. The predicted molar refractivity (Wildman–Crippen MR) is 71.5 cm³/mol. The molecule has 0 bridgehead atoms. The van der Waals surface area contributed by atoms with E-state index >= 15 is 0 Å². The monoisotopic (exact) mass is 247 g/mol. The number of aryl methyl sites for hydroxylation is 2. The summed E-state index contributed by atoms with van der Waals surface area (Å²) in [6.07, 6.45) is 6.61. The first-order valence-corrected chi connectivity index (χ1v) is 6.53. The van der Waals surface area contributed by atoms with Crippen molar-refractivity contribution in [3.63, 3.8) is 0 Å². The van der Waals surface area contributed by atoms with Gasteiger partial charge in [0.15, 0.2) is 0 Å². The molecule has 2 aromatic heterocycles. The van der Waals surface area contributed by atoms with Gasteiger partial charge in [-0.1, -0.05) is 6.92 Å². The molecule has 18 heavy (non-hydrogen) atoms. The molecular weight excluding hydrogens is 226 g/mol. The first kappa shape index (κ1) is 12.9. The smallest absolute Gasteiger partial charge is 0.110 e. The van der Waals surface area contributed by atoms with Crippen LogP contribution in [0, 0.1) is 6.92 Å². The maximum Gasteiger partial charge on any atom is 0.110 e. The van der Waals surface area contributed by atoms with Crippen LogP contribution in [-0.2, 0) is 13.0 Å². The SMILES string of the molecule is CCNC(Cc1nccn1CC)c1coc(C)c1. The highest BCUT2D eigenvalue weighted by Crippen LogP contribution is 2.20. The lowest BCUT2D eigenvalue weighted by molar-refractivity contribution is 0.500. The fourth-order valence-corrected chi connectivity index (χ4v) is 2.20. The highest BCUT2D eigenvalue weighted by Gasteiger charge is 2.15. The van der Waals surface area contributed by atoms with Gasteiger partial charge in [0, 0.05) is 37.0 Å². The maximum atomic E-state index is 5.40. The van der Waals surface area contributed by atoms with Crippen molar-refractivity contribution in [1.82, 2.24) is 14.9 Å². The number of hydrogen-bond acceptors (Lipinski definition) is 3. The van der Waals surface area contributed by atoms with Crippen molar-refractivity contribution in [3.8, 4) is 0 Å². The molecule has 4 nitrogen and oxygen atoms in total. The minimum atomic E-state index is 0.264. The summed E-state index contributed by atoms with van der Waals surface area (Å²) in [7, 11) is 0. The summed E-state index contributed by atoms with van der Waals surface area (Å²) in [5.74, 6) is 2.06. The van der Waals surface area contributed by atoms with E-state index in [9.17, 15) is 0 Å². The zero-order chi connectivity index (χ0) is 13.0. The molecule has 0 amide bonds. The zero-order valence-corrected chi connectivity index (χ0v) is 11.3. The standard InChI is InChI=1S/C14H21N3O/c1-4-15-13(12-8-11(3)18-10-12)9-14-16-6-7-17(14)5-2/h6-8,10,13,15H,4-5,9H2,1-3H3. The van der Waals surface area contributed by atoms with Crippen LogP contribution < -0.4 is 5.32 Å². The quantitative estimate of drug-likeness (QED) is 0.853. The number of aromatic nitrogens is 2. The minimum absolute atomic E-state index is 0.264. The first-order chi connectivity index (χ1) is 8.74. The van der Waals surface area contributed by atoms with Crippen LogP contribution in [0.2, 0.25) is 0 Å². The number of hydrogen-bond donors (Lipinski definition) is 1. The Hall–Kier alpha value is -1.55. The van der Waals surface area contributed by atoms with Gasteiger partial charge in [-0.2, -0.15) is 0 Å². The van der Waals surface area contributed by atoms with Gasteiger partial charge in [-0.25, -0.2) is 4.98 Å². The third-order valence-electron chi connectivity index (χ3n) is 3.13. The number of rotatable bonds is 6. The lowest BCUT2D eigenvalue weighted by atomic mass is 10.1. The van der Waals surface area contributed by atoms with Gasteiger partial charge in [-0.3, -0.25) is 0 Å². The predicted octanol–water partition coefficient (Wildman–Crippen LogP) is 2.70. The molecule has 1 N–H and O–H groups in total. The molecule has 0 aliphatic rings. The average molecular weight is 247 g/mol. The molecular formula is C14H21N3O. The van der Waals surface area contributed by atoms with E-state index in [2.05, 4.69) is 34.8 Å². The number of imidazole rings is 1. The summed E-state index contributed by atoms with van der Waals surface area (Å²) in [6.45, 7) is 8.11. The van der Waals surface area contributed by atoms with Gasteiger partial charge in [0.1, 0.15) is 11.6 Å². The molecule has 1 unspecified atom stereocenters. The van der Waals surface area contributed by atoms with Crippen molar-refractivity contribution in [2.75, 3.05) is 6.54 Å². The van der Waals surface area contributed by atoms with E-state index < -0.39 is 0 Å². The van der Waals surface area contributed by atoms with Gasteiger partial charge in [-0.15, -0.1) is 0 Å². The Morgan fingerprint density at radius 2 is 2.28 bits per heavy atom. The highest BCUT2D eigenvalue weighted by molar-refractivity contribution is 5.18. The molecule has 1 atom stereocenters. The molecule has 0 saturated heterocycles. The van der Waals surface area contributed by atoms with Gasteiger partial charge in [0.25, 0.3) is 0 Å². The van der Waals surface area contributed by atoms with E-state index in [0.717, 1.165) is 31.1 Å². The van der Waals surface area contributed by atoms with Gasteiger partial charge >= 0.3 is 0 Å². The molecule has 4 heteroatoms. The molecule has 0 fully saturated rings. The molecule has 0 radical (unpaired) electrons. The minimum Gasteiger partial charge on any atom is -0.469 e. The average Bonchev–Trinajstić information content (AvgIpc) is 2.97. The van der Waals surface area contributed by atoms with Crippen molar-refractivity contribution >= 4 is 0 Å². The second kappa shape index (κ2) is 5.87. The normalized spacial score (nSPS) is 12.8. The maximum absolute atomic E-state index is 5.40. The lowest BCUT2D eigenvalue weighted by Gasteiger charge is -2.16. The zero-order valence-electron chi connectivity index (χ0n) is 11.3. The van der Waals surface area contributed by atoms with Crippen molar-refractivity contribution in [3.05, 3.63) is 41.9 Å². The summed E-state index contributed by atoms with van der Waals surface area (Å²) in [6, 6.07) is 2.35. The Kier molecular flexibility index (Phi) is 4.20. The van der Waals surface area contributed by atoms with Gasteiger partial charge in [0.05, 0.1) is 6.26 Å². The van der Waals surface area contributed by atoms with E-state index in [4.69, 9.17) is 4.42 Å². The van der Waals surface area contributed by atoms with Crippen LogP contribution in [0.1, 0.15) is 37.0 Å². The topological polar surface area (TPSA) is 43.0 Å². The summed E-state index contributed by atoms with van der Waals surface area (Å²) < 4.78 is 7.58. The molecule has 98 valence electrons. The lowest BCUT2D eigenvalue weighted by Crippen LogP contribution is -2.24. The molecule has 2 rings (SSSR count). The van der Waals surface area contributed by atoms with Crippen molar-refractivity contribution in [2.24, 2.45) is 0 Å². The third kappa shape index (κ3) is 2.82. The van der Waals surface area contributed by atoms with Crippen LogP contribution in [0.5, 0.6) is 0 Å². The number of nitrogens with one attached hydrogen (secondary N) is 1. The van der Waals surface area contributed by atoms with Crippen LogP contribution in [0.25, 0.3) is 0 Å². The molecule has 0 saturated carbocycles. The van der Waals surface area contributed by atoms with Crippen molar-refractivity contribution in [1.29, 1.82) is 0 Å². The Morgan fingerprint density at radius 1 is 1.44 bits per heavy atom. The van der Waals surface area contributed by atoms with Gasteiger partial charge in [-0.05, 0) is 26.5 Å². The summed E-state index contributed by atoms with van der Waals surface area (Å²) in [5.41, 5.74) is 1.19. The van der Waals surface area contributed by atoms with E-state index in [1.165, 1.54) is 5.56 Å². The highest BCUT2D eigenvalue weighted by atomic mass is 16.3. The van der Waals surface area contributed by atoms with Gasteiger partial charge in [0.2, 0.25) is 0 Å². The van der Waals surface area contributed by atoms with E-state index in [0.29, 0.717) is 0 Å². The van der Waals surface area contributed by atoms with Crippen molar-refractivity contribution < 1.29 is 4.42 Å². The third-order valence-corrected chi connectivity index (χ3v) is 3.13. The largest absolute Gasteiger partial charge is 0.469 e. The van der Waals surface area contributed by atoms with Crippen LogP contribution in [-0.4, -0.2) is 16.1 Å². The second-order valence-electron chi connectivity index (χ2n) is 4.43. The number of furan rings is 1. The second-order valence-corrected chi connectivity index (χ2v) is 4.43. The Balaban J connectivity index is 2.16. The van der Waals surface area contributed by atoms with E-state index in [1.54, 1.807) is 0 Å². The van der Waals surface area contributed by atoms with E-state index in [-0.39, 0.29) is 6.04 Å². The Morgan fingerprint density at radius 3 is 2.89 bits per heavy atom. The summed E-state index contributed by atoms with van der Waals surface area (Å²) in [4.78, 5) is 4.43. The first-order valence-electron chi connectivity index (χ1n) is 6.53. The van der Waals surface area contributed by atoms with Crippen LogP contribution in [0.15, 0.2) is 29.1 Å². The molecule has 2 aromatic rings. The summed E-state index contributed by atoms with van der Waals surface area (Å²) >= 11 is 0. The van der Waals surface area contributed by atoms with Crippen molar-refractivity contribution in [2.45, 2.75) is 39.8 Å². The molecule has 0 aliphatic heterocycles. The van der Waals surface area contributed by atoms with Crippen LogP contribution in [0.4, 0.5) is 0 Å².